The van der Waals surface area contributed by atoms with Crippen LogP contribution in [0.25, 0.3) is 4.85 Å². The Morgan fingerprint density at radius 2 is 2.09 bits per heavy atom. The van der Waals surface area contributed by atoms with Crippen molar-refractivity contribution in [3.63, 3.8) is 0 Å². The van der Waals surface area contributed by atoms with Crippen LogP contribution in [0.1, 0.15) is 47.7 Å². The SMILES string of the molecule is [C-]#[N+]c1ccc2c(c1)OCCC2NC(=O)N1C[C@@H](O)C[C@@H]1c1nnc(C)n1Cc1ccc(Cl)cc1. The van der Waals surface area contributed by atoms with E-state index in [0.29, 0.717) is 48.3 Å². The molecule has 10 heteroatoms. The summed E-state index contributed by atoms with van der Waals surface area (Å²) in [5.74, 6) is 1.98. The largest absolute Gasteiger partial charge is 0.494 e. The van der Waals surface area contributed by atoms with Crippen molar-refractivity contribution < 1.29 is 14.6 Å². The first-order chi connectivity index (χ1) is 16.9. The number of nitrogens with zero attached hydrogens (tertiary/aromatic N) is 5. The molecule has 1 aromatic heterocycles. The Morgan fingerprint density at radius 3 is 2.86 bits per heavy atom. The summed E-state index contributed by atoms with van der Waals surface area (Å²) in [5.41, 5.74) is 2.37. The lowest BCUT2D eigenvalue weighted by Gasteiger charge is -2.31. The number of hydrogen-bond acceptors (Lipinski definition) is 5. The number of amides is 2. The van der Waals surface area contributed by atoms with E-state index in [1.54, 1.807) is 17.0 Å². The Kier molecular flexibility index (Phi) is 6.32. The molecule has 3 heterocycles. The van der Waals surface area contributed by atoms with Gasteiger partial charge in [-0.1, -0.05) is 35.9 Å². The van der Waals surface area contributed by atoms with Crippen molar-refractivity contribution in [1.82, 2.24) is 25.0 Å². The zero-order valence-corrected chi connectivity index (χ0v) is 19.9. The van der Waals surface area contributed by atoms with Crippen molar-refractivity contribution in [1.29, 1.82) is 0 Å². The second-order valence-corrected chi connectivity index (χ2v) is 9.29. The molecule has 1 saturated heterocycles. The van der Waals surface area contributed by atoms with Gasteiger partial charge in [0.2, 0.25) is 0 Å². The van der Waals surface area contributed by atoms with Gasteiger partial charge in [-0.05, 0) is 30.7 Å². The van der Waals surface area contributed by atoms with Crippen molar-refractivity contribution >= 4 is 23.3 Å². The number of carbonyl (C=O) groups is 1. The van der Waals surface area contributed by atoms with Gasteiger partial charge in [-0.3, -0.25) is 0 Å². The summed E-state index contributed by atoms with van der Waals surface area (Å²) in [5, 5.41) is 22.9. The number of aromatic nitrogens is 3. The Morgan fingerprint density at radius 1 is 1.29 bits per heavy atom. The molecular weight excluding hydrogens is 468 g/mol. The van der Waals surface area contributed by atoms with Crippen LogP contribution < -0.4 is 10.1 Å². The fourth-order valence-electron chi connectivity index (χ4n) is 4.72. The number of urea groups is 1. The molecule has 1 unspecified atom stereocenters. The maximum Gasteiger partial charge on any atom is 0.318 e. The van der Waals surface area contributed by atoms with Gasteiger partial charge in [-0.15, -0.1) is 10.2 Å². The van der Waals surface area contributed by atoms with Gasteiger partial charge in [-0.25, -0.2) is 9.64 Å². The summed E-state index contributed by atoms with van der Waals surface area (Å²) in [7, 11) is 0. The summed E-state index contributed by atoms with van der Waals surface area (Å²) in [6.45, 7) is 10.3. The fourth-order valence-corrected chi connectivity index (χ4v) is 4.85. The van der Waals surface area contributed by atoms with Gasteiger partial charge in [0.25, 0.3) is 0 Å². The van der Waals surface area contributed by atoms with E-state index in [0.717, 1.165) is 17.0 Å². The van der Waals surface area contributed by atoms with Crippen LogP contribution >= 0.6 is 11.6 Å². The lowest BCUT2D eigenvalue weighted by molar-refractivity contribution is 0.163. The highest BCUT2D eigenvalue weighted by Gasteiger charge is 2.39. The fraction of sp³-hybridized carbons (Fsp3) is 0.360. The Labute approximate surface area is 208 Å². The van der Waals surface area contributed by atoms with Gasteiger partial charge in [0, 0.05) is 30.0 Å². The standard InChI is InChI=1S/C25H25ClN6O3/c1-15-29-30-24(31(15)13-16-3-5-17(26)6-4-16)22-12-19(33)14-32(22)25(34)28-21-9-10-35-23-11-18(27-2)7-8-20(21)23/h3-8,11,19,21-22,33H,9-10,12-14H2,1H3,(H,28,34)/t19-,21?,22+/m0/s1. The molecule has 2 N–H and O–H groups in total. The lowest BCUT2D eigenvalue weighted by atomic mass is 10.00. The number of aryl methyl sites for hydroxylation is 1. The predicted molar refractivity (Wildman–Crippen MR) is 129 cm³/mol. The molecule has 0 spiro atoms. The summed E-state index contributed by atoms with van der Waals surface area (Å²) in [6, 6.07) is 11.9. The summed E-state index contributed by atoms with van der Waals surface area (Å²) in [4.78, 5) is 18.5. The molecule has 0 aliphatic carbocycles. The van der Waals surface area contributed by atoms with Crippen LogP contribution in [0.5, 0.6) is 5.75 Å². The maximum atomic E-state index is 13.4. The first-order valence-electron chi connectivity index (χ1n) is 11.5. The molecule has 0 saturated carbocycles. The number of carbonyl (C=O) groups excluding carboxylic acids is 1. The van der Waals surface area contributed by atoms with Gasteiger partial charge >= 0.3 is 6.03 Å². The van der Waals surface area contributed by atoms with Gasteiger partial charge < -0.3 is 24.6 Å². The zero-order chi connectivity index (χ0) is 24.5. The van der Waals surface area contributed by atoms with Gasteiger partial charge in [-0.2, -0.15) is 0 Å². The summed E-state index contributed by atoms with van der Waals surface area (Å²) < 4.78 is 7.69. The molecule has 3 aromatic rings. The molecule has 9 nitrogen and oxygen atoms in total. The van der Waals surface area contributed by atoms with Gasteiger partial charge in [0.05, 0.1) is 37.9 Å². The van der Waals surface area contributed by atoms with Gasteiger partial charge in [0.1, 0.15) is 11.6 Å². The Balaban J connectivity index is 1.38. The van der Waals surface area contributed by atoms with E-state index in [1.165, 1.54) is 0 Å². The normalized spacial score (nSPS) is 21.2. The third kappa shape index (κ3) is 4.67. The first kappa shape index (κ1) is 23.1. The zero-order valence-electron chi connectivity index (χ0n) is 19.2. The van der Waals surface area contributed by atoms with Crippen molar-refractivity contribution in [2.75, 3.05) is 13.2 Å². The van der Waals surface area contributed by atoms with Crippen molar-refractivity contribution in [2.45, 2.75) is 44.5 Å². The van der Waals surface area contributed by atoms with E-state index in [-0.39, 0.29) is 18.6 Å². The molecule has 0 bridgehead atoms. The topological polar surface area (TPSA) is 96.9 Å². The van der Waals surface area contributed by atoms with Crippen LogP contribution in [0.4, 0.5) is 10.5 Å². The van der Waals surface area contributed by atoms with Crippen molar-refractivity contribution in [3.8, 4) is 5.75 Å². The van der Waals surface area contributed by atoms with Crippen LogP contribution in [-0.4, -0.2) is 50.1 Å². The molecule has 5 rings (SSSR count). The average Bonchev–Trinajstić information content (AvgIpc) is 3.42. The van der Waals surface area contributed by atoms with E-state index >= 15 is 0 Å². The molecule has 2 aromatic carbocycles. The number of likely N-dealkylation sites (tertiary alicyclic amines) is 1. The molecule has 35 heavy (non-hydrogen) atoms. The number of β-amino-alcohol motifs (C(OH)–C–C–N with tert-alkyl or cyclic N) is 1. The third-order valence-electron chi connectivity index (χ3n) is 6.52. The van der Waals surface area contributed by atoms with Crippen LogP contribution in [0.3, 0.4) is 0 Å². The van der Waals surface area contributed by atoms with Crippen LogP contribution in [0, 0.1) is 13.5 Å². The number of aliphatic hydroxyl groups excluding tert-OH is 1. The third-order valence-corrected chi connectivity index (χ3v) is 6.77. The minimum absolute atomic E-state index is 0.204. The molecule has 180 valence electrons. The summed E-state index contributed by atoms with van der Waals surface area (Å²) in [6.07, 6.45) is 0.337. The van der Waals surface area contributed by atoms with E-state index in [2.05, 4.69) is 20.4 Å². The predicted octanol–water partition coefficient (Wildman–Crippen LogP) is 4.18. The highest BCUT2D eigenvalue weighted by Crippen LogP contribution is 2.37. The molecule has 1 fully saturated rings. The maximum absolute atomic E-state index is 13.4. The van der Waals surface area contributed by atoms with Crippen molar-refractivity contribution in [3.05, 3.63) is 81.7 Å². The molecule has 2 aliphatic heterocycles. The first-order valence-corrected chi connectivity index (χ1v) is 11.8. The highest BCUT2D eigenvalue weighted by atomic mass is 35.5. The summed E-state index contributed by atoms with van der Waals surface area (Å²) >= 11 is 6.03. The quantitative estimate of drug-likeness (QED) is 0.532. The second-order valence-electron chi connectivity index (χ2n) is 8.85. The molecule has 2 aliphatic rings. The van der Waals surface area contributed by atoms with Gasteiger partial charge in [0.15, 0.2) is 11.5 Å². The lowest BCUT2D eigenvalue weighted by Crippen LogP contribution is -2.43. The monoisotopic (exact) mass is 492 g/mol. The smallest absolute Gasteiger partial charge is 0.318 e. The number of fused-ring (bicyclic) bond motifs is 1. The molecule has 2 amide bonds. The number of benzene rings is 2. The molecule has 0 radical (unpaired) electrons. The highest BCUT2D eigenvalue weighted by molar-refractivity contribution is 6.30. The number of nitrogens with one attached hydrogen (secondary N) is 1. The van der Waals surface area contributed by atoms with E-state index in [9.17, 15) is 9.90 Å². The Hall–Kier alpha value is -3.61. The number of aliphatic hydroxyl groups is 1. The number of ether oxygens (including phenoxy) is 1. The number of halogens is 1. The van der Waals surface area contributed by atoms with E-state index < -0.39 is 12.1 Å². The van der Waals surface area contributed by atoms with Crippen LogP contribution in [0.2, 0.25) is 5.02 Å². The van der Waals surface area contributed by atoms with Crippen LogP contribution in [-0.2, 0) is 6.54 Å². The van der Waals surface area contributed by atoms with Crippen LogP contribution in [0.15, 0.2) is 42.5 Å². The molecule has 3 atom stereocenters. The Bertz CT molecular complexity index is 1290. The average molecular weight is 493 g/mol. The number of rotatable bonds is 4. The second kappa shape index (κ2) is 9.56. The van der Waals surface area contributed by atoms with E-state index in [1.807, 2.05) is 41.8 Å². The van der Waals surface area contributed by atoms with Crippen molar-refractivity contribution in [2.24, 2.45) is 0 Å². The minimum atomic E-state index is -0.657. The van der Waals surface area contributed by atoms with E-state index in [4.69, 9.17) is 22.9 Å². The molecular formula is C25H25ClN6O3. The number of hydrogen-bond donors (Lipinski definition) is 2. The minimum Gasteiger partial charge on any atom is -0.494 e.